The van der Waals surface area contributed by atoms with Gasteiger partial charge in [0.25, 0.3) is 0 Å². The molecule has 94 valence electrons. The van der Waals surface area contributed by atoms with Crippen LogP contribution in [-0.2, 0) is 4.79 Å². The quantitative estimate of drug-likeness (QED) is 0.819. The number of amides is 1. The predicted molar refractivity (Wildman–Crippen MR) is 68.5 cm³/mol. The first-order chi connectivity index (χ1) is 7.70. The number of halogens is 2. The molecule has 0 fully saturated rings. The molecule has 0 aromatic heterocycles. The first-order valence-corrected chi connectivity index (χ1v) is 5.97. The summed E-state index contributed by atoms with van der Waals surface area (Å²) in [6, 6.07) is 2.88. The Morgan fingerprint density at radius 2 is 2.06 bits per heavy atom. The summed E-state index contributed by atoms with van der Waals surface area (Å²) in [5.41, 5.74) is -0.0758. The Balaban J connectivity index is 2.83. The number of phenols is 1. The maximum atomic E-state index is 13.3. The topological polar surface area (TPSA) is 49.3 Å². The molecular formula is C12H15BrFNO2. The smallest absolute Gasteiger partial charge is 0.225 e. The van der Waals surface area contributed by atoms with Gasteiger partial charge in [-0.25, -0.2) is 4.39 Å². The van der Waals surface area contributed by atoms with Gasteiger partial charge in [-0.3, -0.25) is 4.79 Å². The molecule has 0 aliphatic heterocycles. The largest absolute Gasteiger partial charge is 0.503 e. The van der Waals surface area contributed by atoms with Crippen LogP contribution >= 0.6 is 15.9 Å². The van der Waals surface area contributed by atoms with Crippen LogP contribution in [0.15, 0.2) is 16.6 Å². The van der Waals surface area contributed by atoms with E-state index in [1.807, 2.05) is 20.8 Å². The molecule has 1 aromatic carbocycles. The number of hydrogen-bond acceptors (Lipinski definition) is 2. The molecule has 1 amide bonds. The van der Waals surface area contributed by atoms with Gasteiger partial charge < -0.3 is 10.4 Å². The standard InChI is InChI=1S/C12H15BrFNO2/c1-12(2,3)6-9(16)15-8-5-4-7(13)10(14)11(8)17/h4-5,17H,6H2,1-3H3,(H,15,16). The van der Waals surface area contributed by atoms with E-state index in [0.29, 0.717) is 6.42 Å². The highest BCUT2D eigenvalue weighted by atomic mass is 79.9. The van der Waals surface area contributed by atoms with Crippen molar-refractivity contribution in [3.05, 3.63) is 22.4 Å². The molecular weight excluding hydrogens is 289 g/mol. The van der Waals surface area contributed by atoms with Crippen molar-refractivity contribution in [3.63, 3.8) is 0 Å². The van der Waals surface area contributed by atoms with Crippen molar-refractivity contribution >= 4 is 27.5 Å². The fraction of sp³-hybridized carbons (Fsp3) is 0.417. The normalized spacial score (nSPS) is 11.4. The van der Waals surface area contributed by atoms with E-state index in [0.717, 1.165) is 0 Å². The molecule has 0 heterocycles. The minimum atomic E-state index is -0.779. The number of phenolic OH excluding ortho intramolecular Hbond substituents is 1. The minimum Gasteiger partial charge on any atom is -0.503 e. The fourth-order valence-corrected chi connectivity index (χ4v) is 1.64. The van der Waals surface area contributed by atoms with E-state index in [1.165, 1.54) is 12.1 Å². The van der Waals surface area contributed by atoms with Gasteiger partial charge in [-0.1, -0.05) is 20.8 Å². The molecule has 0 saturated carbocycles. The van der Waals surface area contributed by atoms with Gasteiger partial charge in [-0.05, 0) is 33.5 Å². The number of anilines is 1. The minimum absolute atomic E-state index is 0.0833. The van der Waals surface area contributed by atoms with E-state index in [4.69, 9.17) is 0 Å². The second kappa shape index (κ2) is 5.04. The third-order valence-corrected chi connectivity index (χ3v) is 2.65. The summed E-state index contributed by atoms with van der Waals surface area (Å²) in [5.74, 6) is -1.59. The molecule has 17 heavy (non-hydrogen) atoms. The van der Waals surface area contributed by atoms with Crippen molar-refractivity contribution in [3.8, 4) is 5.75 Å². The molecule has 0 bridgehead atoms. The lowest BCUT2D eigenvalue weighted by molar-refractivity contribution is -0.117. The SMILES string of the molecule is CC(C)(C)CC(=O)Nc1ccc(Br)c(F)c1O. The van der Waals surface area contributed by atoms with Crippen LogP contribution in [0.3, 0.4) is 0 Å². The highest BCUT2D eigenvalue weighted by Gasteiger charge is 2.18. The number of carbonyl (C=O) groups is 1. The van der Waals surface area contributed by atoms with E-state index >= 15 is 0 Å². The Morgan fingerprint density at radius 3 is 2.59 bits per heavy atom. The summed E-state index contributed by atoms with van der Waals surface area (Å²) in [6.45, 7) is 5.78. The number of benzene rings is 1. The van der Waals surface area contributed by atoms with Gasteiger partial charge in [-0.2, -0.15) is 0 Å². The van der Waals surface area contributed by atoms with Crippen LogP contribution in [-0.4, -0.2) is 11.0 Å². The zero-order valence-corrected chi connectivity index (χ0v) is 11.6. The molecule has 0 saturated heterocycles. The molecule has 3 nitrogen and oxygen atoms in total. The first kappa shape index (κ1) is 14.0. The predicted octanol–water partition coefficient (Wildman–Crippen LogP) is 3.67. The van der Waals surface area contributed by atoms with Gasteiger partial charge in [0.1, 0.15) is 0 Å². The molecule has 0 aliphatic carbocycles. The van der Waals surface area contributed by atoms with Gasteiger partial charge in [-0.15, -0.1) is 0 Å². The van der Waals surface area contributed by atoms with Crippen LogP contribution in [0.1, 0.15) is 27.2 Å². The summed E-state index contributed by atoms with van der Waals surface area (Å²) in [4.78, 5) is 11.6. The van der Waals surface area contributed by atoms with Crippen LogP contribution in [0.25, 0.3) is 0 Å². The van der Waals surface area contributed by atoms with Gasteiger partial charge in [0.2, 0.25) is 5.91 Å². The number of carbonyl (C=O) groups excluding carboxylic acids is 1. The Hall–Kier alpha value is -1.10. The Morgan fingerprint density at radius 1 is 1.47 bits per heavy atom. The molecule has 0 radical (unpaired) electrons. The summed E-state index contributed by atoms with van der Waals surface area (Å²) in [5, 5.41) is 12.0. The third-order valence-electron chi connectivity index (χ3n) is 2.03. The summed E-state index contributed by atoms with van der Waals surface area (Å²) in [6.07, 6.45) is 0.296. The number of rotatable bonds is 2. The number of aromatic hydroxyl groups is 1. The highest BCUT2D eigenvalue weighted by Crippen LogP contribution is 2.32. The van der Waals surface area contributed by atoms with E-state index in [-0.39, 0.29) is 21.5 Å². The summed E-state index contributed by atoms with van der Waals surface area (Å²) >= 11 is 2.95. The maximum absolute atomic E-state index is 13.3. The van der Waals surface area contributed by atoms with Crippen LogP contribution < -0.4 is 5.32 Å². The molecule has 1 rings (SSSR count). The van der Waals surface area contributed by atoms with Gasteiger partial charge in [0.15, 0.2) is 11.6 Å². The molecule has 0 spiro atoms. The number of nitrogens with one attached hydrogen (secondary N) is 1. The lowest BCUT2D eigenvalue weighted by Crippen LogP contribution is -2.19. The fourth-order valence-electron chi connectivity index (χ4n) is 1.32. The lowest BCUT2D eigenvalue weighted by Gasteiger charge is -2.17. The molecule has 2 N–H and O–H groups in total. The lowest BCUT2D eigenvalue weighted by atomic mass is 9.92. The first-order valence-electron chi connectivity index (χ1n) is 5.17. The van der Waals surface area contributed by atoms with Crippen LogP contribution in [0.4, 0.5) is 10.1 Å². The van der Waals surface area contributed by atoms with E-state index in [9.17, 15) is 14.3 Å². The zero-order valence-electron chi connectivity index (χ0n) is 9.97. The van der Waals surface area contributed by atoms with Crippen molar-refractivity contribution in [2.24, 2.45) is 5.41 Å². The molecule has 5 heteroatoms. The Bertz CT molecular complexity index is 441. The second-order valence-corrected chi connectivity index (χ2v) is 5.90. The Kier molecular flexibility index (Phi) is 4.14. The van der Waals surface area contributed by atoms with Gasteiger partial charge in [0.05, 0.1) is 10.2 Å². The van der Waals surface area contributed by atoms with Crippen LogP contribution in [0.5, 0.6) is 5.75 Å². The van der Waals surface area contributed by atoms with Crippen molar-refractivity contribution in [1.29, 1.82) is 0 Å². The second-order valence-electron chi connectivity index (χ2n) is 5.04. The average Bonchev–Trinajstić information content (AvgIpc) is 2.16. The average molecular weight is 304 g/mol. The summed E-state index contributed by atoms with van der Waals surface area (Å²) in [7, 11) is 0. The van der Waals surface area contributed by atoms with Crippen LogP contribution in [0, 0.1) is 11.2 Å². The van der Waals surface area contributed by atoms with Crippen molar-refractivity contribution in [2.45, 2.75) is 27.2 Å². The van der Waals surface area contributed by atoms with Gasteiger partial charge >= 0.3 is 0 Å². The summed E-state index contributed by atoms with van der Waals surface area (Å²) < 4.78 is 13.5. The zero-order chi connectivity index (χ0) is 13.2. The van der Waals surface area contributed by atoms with Crippen molar-refractivity contribution in [1.82, 2.24) is 0 Å². The Labute approximate surface area is 108 Å². The third kappa shape index (κ3) is 4.00. The van der Waals surface area contributed by atoms with Crippen molar-refractivity contribution in [2.75, 3.05) is 5.32 Å². The van der Waals surface area contributed by atoms with E-state index < -0.39 is 11.6 Å². The maximum Gasteiger partial charge on any atom is 0.225 e. The molecule has 0 unspecified atom stereocenters. The number of hydrogen-bond donors (Lipinski definition) is 2. The monoisotopic (exact) mass is 303 g/mol. The van der Waals surface area contributed by atoms with E-state index in [1.54, 1.807) is 0 Å². The van der Waals surface area contributed by atoms with Crippen molar-refractivity contribution < 1.29 is 14.3 Å². The molecule has 1 aromatic rings. The van der Waals surface area contributed by atoms with E-state index in [2.05, 4.69) is 21.2 Å². The molecule has 0 atom stereocenters. The van der Waals surface area contributed by atoms with Gasteiger partial charge in [0, 0.05) is 6.42 Å². The highest BCUT2D eigenvalue weighted by molar-refractivity contribution is 9.10. The van der Waals surface area contributed by atoms with Crippen LogP contribution in [0.2, 0.25) is 0 Å². The molecule has 0 aliphatic rings.